The van der Waals surface area contributed by atoms with Crippen molar-refractivity contribution in [3.8, 4) is 5.75 Å². The van der Waals surface area contributed by atoms with Crippen LogP contribution in [0.15, 0.2) is 45.3 Å². The number of hydrogen-bond acceptors (Lipinski definition) is 3. The highest BCUT2D eigenvalue weighted by Gasteiger charge is 2.18. The molecule has 3 rings (SSSR count). The van der Waals surface area contributed by atoms with Crippen molar-refractivity contribution in [2.24, 2.45) is 0 Å². The van der Waals surface area contributed by atoms with Crippen LogP contribution < -0.4 is 10.1 Å². The Morgan fingerprint density at radius 1 is 1.11 bits per heavy atom. The van der Waals surface area contributed by atoms with Crippen molar-refractivity contribution in [3.63, 3.8) is 0 Å². The van der Waals surface area contributed by atoms with Gasteiger partial charge in [-0.1, -0.05) is 22.0 Å². The van der Waals surface area contributed by atoms with Gasteiger partial charge in [-0.15, -0.1) is 0 Å². The maximum Gasteiger partial charge on any atom is 0.262 e. The third-order valence-corrected chi connectivity index (χ3v) is 5.63. The largest absolute Gasteiger partial charge is 0.482 e. The quantitative estimate of drug-likeness (QED) is 0.605. The van der Waals surface area contributed by atoms with E-state index in [0.717, 1.165) is 40.4 Å². The van der Waals surface area contributed by atoms with Gasteiger partial charge in [-0.3, -0.25) is 9.59 Å². The van der Waals surface area contributed by atoms with Crippen molar-refractivity contribution in [2.75, 3.05) is 25.0 Å². The summed E-state index contributed by atoms with van der Waals surface area (Å²) in [6.45, 7) is 3.39. The molecule has 0 radical (unpaired) electrons. The lowest BCUT2D eigenvalue weighted by Crippen LogP contribution is -2.35. The predicted molar refractivity (Wildman–Crippen MR) is 117 cm³/mol. The molecule has 1 N–H and O–H groups in total. The molecule has 2 amide bonds. The summed E-state index contributed by atoms with van der Waals surface area (Å²) in [6.07, 6.45) is 3.27. The smallest absolute Gasteiger partial charge is 0.262 e. The number of carbonyl (C=O) groups excluding carboxylic acids is 2. The summed E-state index contributed by atoms with van der Waals surface area (Å²) in [5.74, 6) is 0.366. The molecule has 0 atom stereocenters. The van der Waals surface area contributed by atoms with Crippen LogP contribution in [-0.2, 0) is 4.79 Å². The van der Waals surface area contributed by atoms with E-state index in [-0.39, 0.29) is 18.4 Å². The number of amides is 2. The van der Waals surface area contributed by atoms with E-state index in [1.54, 1.807) is 24.3 Å². The second kappa shape index (κ2) is 9.56. The molecule has 0 bridgehead atoms. The normalized spacial score (nSPS) is 13.9. The maximum absolute atomic E-state index is 12.6. The molecule has 0 aromatic heterocycles. The van der Waals surface area contributed by atoms with Crippen molar-refractivity contribution < 1.29 is 14.3 Å². The van der Waals surface area contributed by atoms with Gasteiger partial charge in [0.2, 0.25) is 0 Å². The molecular weight excluding hydrogens is 488 g/mol. The monoisotopic (exact) mass is 508 g/mol. The zero-order valence-electron chi connectivity index (χ0n) is 15.6. The van der Waals surface area contributed by atoms with Gasteiger partial charge in [-0.2, -0.15) is 0 Å². The fourth-order valence-corrected chi connectivity index (χ4v) is 4.77. The molecule has 1 saturated heterocycles. The molecule has 148 valence electrons. The summed E-state index contributed by atoms with van der Waals surface area (Å²) >= 11 is 6.87. The first kappa shape index (κ1) is 20.9. The average Bonchev–Trinajstić information content (AvgIpc) is 2.67. The van der Waals surface area contributed by atoms with E-state index in [4.69, 9.17) is 4.74 Å². The highest BCUT2D eigenvalue weighted by atomic mass is 79.9. The molecule has 28 heavy (non-hydrogen) atoms. The van der Waals surface area contributed by atoms with Gasteiger partial charge in [-0.05, 0) is 78.0 Å². The van der Waals surface area contributed by atoms with Gasteiger partial charge < -0.3 is 15.0 Å². The van der Waals surface area contributed by atoms with Crippen LogP contribution >= 0.6 is 31.9 Å². The van der Waals surface area contributed by atoms with Gasteiger partial charge >= 0.3 is 0 Å². The Morgan fingerprint density at radius 3 is 2.57 bits per heavy atom. The molecule has 0 aliphatic carbocycles. The summed E-state index contributed by atoms with van der Waals surface area (Å²) in [5, 5.41) is 2.80. The first-order valence-electron chi connectivity index (χ1n) is 9.21. The van der Waals surface area contributed by atoms with Gasteiger partial charge in [0.1, 0.15) is 5.75 Å². The second-order valence-electron chi connectivity index (χ2n) is 6.80. The molecular formula is C21H22Br2N2O3. The van der Waals surface area contributed by atoms with Gasteiger partial charge in [0.25, 0.3) is 11.8 Å². The molecule has 1 aliphatic rings. The summed E-state index contributed by atoms with van der Waals surface area (Å²) in [5.41, 5.74) is 2.10. The van der Waals surface area contributed by atoms with Crippen LogP contribution in [0.2, 0.25) is 0 Å². The molecule has 5 nitrogen and oxygen atoms in total. The van der Waals surface area contributed by atoms with Gasteiger partial charge in [0, 0.05) is 28.8 Å². The first-order valence-corrected chi connectivity index (χ1v) is 10.8. The van der Waals surface area contributed by atoms with E-state index in [2.05, 4.69) is 37.2 Å². The van der Waals surface area contributed by atoms with Crippen molar-refractivity contribution in [2.45, 2.75) is 26.2 Å². The summed E-state index contributed by atoms with van der Waals surface area (Å²) in [6, 6.07) is 10.8. The number of rotatable bonds is 5. The van der Waals surface area contributed by atoms with Crippen LogP contribution in [0.5, 0.6) is 5.75 Å². The molecule has 1 fully saturated rings. The number of anilines is 1. The molecule has 7 heteroatoms. The number of benzene rings is 2. The van der Waals surface area contributed by atoms with Gasteiger partial charge in [0.05, 0.1) is 4.47 Å². The molecule has 0 unspecified atom stereocenters. The van der Waals surface area contributed by atoms with E-state index < -0.39 is 0 Å². The van der Waals surface area contributed by atoms with Crippen molar-refractivity contribution in [1.82, 2.24) is 4.90 Å². The van der Waals surface area contributed by atoms with E-state index in [0.29, 0.717) is 17.0 Å². The Morgan fingerprint density at radius 2 is 1.86 bits per heavy atom. The lowest BCUT2D eigenvalue weighted by atomic mass is 10.1. The molecule has 0 saturated carbocycles. The van der Waals surface area contributed by atoms with Crippen LogP contribution in [0.3, 0.4) is 0 Å². The first-order chi connectivity index (χ1) is 13.4. The number of hydrogen-bond donors (Lipinski definition) is 1. The Labute approximate surface area is 181 Å². The SMILES string of the molecule is Cc1cc(Br)cc(Br)c1OCC(=O)Nc1cccc(C(=O)N2CCCCC2)c1. The van der Waals surface area contributed by atoms with E-state index in [1.807, 2.05) is 24.0 Å². The summed E-state index contributed by atoms with van der Waals surface area (Å²) < 4.78 is 7.39. The number of carbonyl (C=O) groups is 2. The molecule has 0 spiro atoms. The van der Waals surface area contributed by atoms with Gasteiger partial charge in [0.15, 0.2) is 6.61 Å². The minimum atomic E-state index is -0.281. The second-order valence-corrected chi connectivity index (χ2v) is 8.57. The van der Waals surface area contributed by atoms with Crippen LogP contribution in [0.1, 0.15) is 35.2 Å². The van der Waals surface area contributed by atoms with Crippen LogP contribution in [-0.4, -0.2) is 36.4 Å². The lowest BCUT2D eigenvalue weighted by molar-refractivity contribution is -0.118. The van der Waals surface area contributed by atoms with E-state index in [9.17, 15) is 9.59 Å². The lowest BCUT2D eigenvalue weighted by Gasteiger charge is -2.26. The third-order valence-electron chi connectivity index (χ3n) is 4.58. The van der Waals surface area contributed by atoms with Gasteiger partial charge in [-0.25, -0.2) is 0 Å². The van der Waals surface area contributed by atoms with Crippen molar-refractivity contribution >= 4 is 49.4 Å². The topological polar surface area (TPSA) is 58.6 Å². The van der Waals surface area contributed by atoms with Crippen molar-refractivity contribution in [1.29, 1.82) is 0 Å². The highest BCUT2D eigenvalue weighted by Crippen LogP contribution is 2.32. The summed E-state index contributed by atoms with van der Waals surface area (Å²) in [4.78, 5) is 26.8. The van der Waals surface area contributed by atoms with Crippen molar-refractivity contribution in [3.05, 3.63) is 56.5 Å². The predicted octanol–water partition coefficient (Wildman–Crippen LogP) is 5.16. The number of nitrogens with one attached hydrogen (secondary N) is 1. The molecule has 1 aliphatic heterocycles. The number of ether oxygens (including phenoxy) is 1. The molecule has 2 aromatic rings. The number of nitrogens with zero attached hydrogens (tertiary/aromatic N) is 1. The zero-order valence-corrected chi connectivity index (χ0v) is 18.8. The zero-order chi connectivity index (χ0) is 20.1. The van der Waals surface area contributed by atoms with Crippen LogP contribution in [0.4, 0.5) is 5.69 Å². The van der Waals surface area contributed by atoms with E-state index in [1.165, 1.54) is 6.42 Å². The number of piperidine rings is 1. The average molecular weight is 510 g/mol. The fourth-order valence-electron chi connectivity index (χ4n) is 3.22. The third kappa shape index (κ3) is 5.35. The Bertz CT molecular complexity index is 857. The number of likely N-dealkylation sites (tertiary alicyclic amines) is 1. The Balaban J connectivity index is 1.61. The van der Waals surface area contributed by atoms with Crippen LogP contribution in [0, 0.1) is 6.92 Å². The number of aryl methyl sites for hydroxylation is 1. The highest BCUT2D eigenvalue weighted by molar-refractivity contribution is 9.11. The number of halogens is 2. The standard InChI is InChI=1S/C21H22Br2N2O3/c1-14-10-16(22)12-18(23)20(14)28-13-19(26)24-17-7-5-6-15(11-17)21(27)25-8-3-2-4-9-25/h5-7,10-12H,2-4,8-9,13H2,1H3,(H,24,26). The minimum absolute atomic E-state index is 0.0152. The maximum atomic E-state index is 12.6. The molecule has 2 aromatic carbocycles. The minimum Gasteiger partial charge on any atom is -0.482 e. The Kier molecular flexibility index (Phi) is 7.13. The van der Waals surface area contributed by atoms with E-state index >= 15 is 0 Å². The van der Waals surface area contributed by atoms with Crippen LogP contribution in [0.25, 0.3) is 0 Å². The molecule has 1 heterocycles. The summed E-state index contributed by atoms with van der Waals surface area (Å²) in [7, 11) is 0. The Hall–Kier alpha value is -1.86. The fraction of sp³-hybridized carbons (Fsp3) is 0.333.